The van der Waals surface area contributed by atoms with Crippen LogP contribution in [0, 0.1) is 0 Å². The Balaban J connectivity index is 2.11. The van der Waals surface area contributed by atoms with E-state index in [1.54, 1.807) is 7.11 Å². The highest BCUT2D eigenvalue weighted by molar-refractivity contribution is 5.29. The molecule has 0 saturated heterocycles. The van der Waals surface area contributed by atoms with E-state index in [0.29, 0.717) is 6.04 Å². The largest absolute Gasteiger partial charge is 0.497 e. The second-order valence-electron chi connectivity index (χ2n) is 4.44. The third kappa shape index (κ3) is 3.80. The van der Waals surface area contributed by atoms with Crippen LogP contribution in [0.1, 0.15) is 24.1 Å². The lowest BCUT2D eigenvalue weighted by atomic mass is 9.99. The molecule has 0 aliphatic rings. The van der Waals surface area contributed by atoms with Gasteiger partial charge in [0.05, 0.1) is 7.11 Å². The highest BCUT2D eigenvalue weighted by atomic mass is 16.5. The summed E-state index contributed by atoms with van der Waals surface area (Å²) in [5.41, 5.74) is 2.57. The summed E-state index contributed by atoms with van der Waals surface area (Å²) in [6, 6.07) is 12.7. The van der Waals surface area contributed by atoms with Crippen LogP contribution >= 0.6 is 0 Å². The van der Waals surface area contributed by atoms with Gasteiger partial charge >= 0.3 is 0 Å². The first kappa shape index (κ1) is 13.6. The Hall–Kier alpha value is -1.87. The number of likely N-dealkylation sites (N-methyl/N-ethyl adjacent to an activating group) is 1. The van der Waals surface area contributed by atoms with Crippen molar-refractivity contribution in [3.8, 4) is 5.75 Å². The average molecular weight is 256 g/mol. The number of benzene rings is 1. The number of methoxy groups -OCH3 is 1. The Morgan fingerprint density at radius 1 is 1.11 bits per heavy atom. The zero-order chi connectivity index (χ0) is 13.5. The first-order valence-electron chi connectivity index (χ1n) is 6.59. The van der Waals surface area contributed by atoms with Gasteiger partial charge in [0.15, 0.2) is 0 Å². The van der Waals surface area contributed by atoms with Crippen molar-refractivity contribution < 1.29 is 4.74 Å². The molecule has 1 heterocycles. The molecule has 2 aromatic rings. The minimum absolute atomic E-state index is 0.321. The quantitative estimate of drug-likeness (QED) is 0.862. The number of nitrogens with one attached hydrogen (secondary N) is 1. The van der Waals surface area contributed by atoms with Gasteiger partial charge in [-0.25, -0.2) is 0 Å². The molecule has 0 aliphatic carbocycles. The lowest BCUT2D eigenvalue weighted by Gasteiger charge is -2.18. The summed E-state index contributed by atoms with van der Waals surface area (Å²) >= 11 is 0. The van der Waals surface area contributed by atoms with Crippen LogP contribution in [-0.2, 0) is 6.42 Å². The van der Waals surface area contributed by atoms with Gasteiger partial charge in [-0.15, -0.1) is 0 Å². The van der Waals surface area contributed by atoms with Gasteiger partial charge in [-0.05, 0) is 48.4 Å². The fourth-order valence-corrected chi connectivity index (χ4v) is 2.15. The van der Waals surface area contributed by atoms with Gasteiger partial charge in [-0.2, -0.15) is 0 Å². The fourth-order valence-electron chi connectivity index (χ4n) is 2.15. The summed E-state index contributed by atoms with van der Waals surface area (Å²) in [5.74, 6) is 0.896. The molecular formula is C16H20N2O. The van der Waals surface area contributed by atoms with E-state index in [-0.39, 0.29) is 0 Å². The smallest absolute Gasteiger partial charge is 0.118 e. The molecule has 1 N–H and O–H groups in total. The molecule has 0 amide bonds. The highest BCUT2D eigenvalue weighted by Gasteiger charge is 2.10. The first-order valence-corrected chi connectivity index (χ1v) is 6.59. The minimum atomic E-state index is 0.321. The average Bonchev–Trinajstić information content (AvgIpc) is 2.48. The number of hydrogen-bond donors (Lipinski definition) is 1. The molecule has 3 heteroatoms. The van der Waals surface area contributed by atoms with Gasteiger partial charge in [0.2, 0.25) is 0 Å². The van der Waals surface area contributed by atoms with Crippen LogP contribution in [-0.4, -0.2) is 18.6 Å². The van der Waals surface area contributed by atoms with Crippen LogP contribution < -0.4 is 10.1 Å². The van der Waals surface area contributed by atoms with Crippen molar-refractivity contribution in [2.24, 2.45) is 0 Å². The number of aromatic nitrogens is 1. The Bertz CT molecular complexity index is 482. The van der Waals surface area contributed by atoms with Crippen molar-refractivity contribution in [2.75, 3.05) is 13.7 Å². The molecule has 100 valence electrons. The molecule has 0 spiro atoms. The Morgan fingerprint density at radius 3 is 2.37 bits per heavy atom. The fraction of sp³-hybridized carbons (Fsp3) is 0.312. The summed E-state index contributed by atoms with van der Waals surface area (Å²) in [5, 5.41) is 3.52. The van der Waals surface area contributed by atoms with E-state index < -0.39 is 0 Å². The van der Waals surface area contributed by atoms with Crippen LogP contribution in [0.15, 0.2) is 48.8 Å². The van der Waals surface area contributed by atoms with Crippen LogP contribution in [0.4, 0.5) is 0 Å². The number of hydrogen-bond acceptors (Lipinski definition) is 3. The Labute approximate surface area is 114 Å². The summed E-state index contributed by atoms with van der Waals surface area (Å²) in [7, 11) is 1.69. The van der Waals surface area contributed by atoms with Gasteiger partial charge in [-0.3, -0.25) is 4.98 Å². The summed E-state index contributed by atoms with van der Waals surface area (Å²) in [4.78, 5) is 4.07. The molecule has 0 radical (unpaired) electrons. The molecule has 1 unspecified atom stereocenters. The van der Waals surface area contributed by atoms with E-state index in [4.69, 9.17) is 4.74 Å². The van der Waals surface area contributed by atoms with Crippen molar-refractivity contribution in [3.63, 3.8) is 0 Å². The maximum absolute atomic E-state index is 5.18. The zero-order valence-electron chi connectivity index (χ0n) is 11.5. The number of rotatable bonds is 6. The van der Waals surface area contributed by atoms with Crippen molar-refractivity contribution in [1.29, 1.82) is 0 Å². The summed E-state index contributed by atoms with van der Waals surface area (Å²) in [6.45, 7) is 3.07. The third-order valence-electron chi connectivity index (χ3n) is 3.16. The van der Waals surface area contributed by atoms with Crippen molar-refractivity contribution in [1.82, 2.24) is 10.3 Å². The number of ether oxygens (including phenoxy) is 1. The van der Waals surface area contributed by atoms with E-state index in [9.17, 15) is 0 Å². The molecule has 1 aromatic heterocycles. The van der Waals surface area contributed by atoms with E-state index >= 15 is 0 Å². The first-order chi connectivity index (χ1) is 9.33. The lowest BCUT2D eigenvalue weighted by Crippen LogP contribution is -2.22. The van der Waals surface area contributed by atoms with Gasteiger partial charge < -0.3 is 10.1 Å². The second kappa shape index (κ2) is 6.90. The third-order valence-corrected chi connectivity index (χ3v) is 3.16. The van der Waals surface area contributed by atoms with E-state index in [0.717, 1.165) is 18.7 Å². The maximum atomic E-state index is 5.18. The van der Waals surface area contributed by atoms with Crippen LogP contribution in [0.2, 0.25) is 0 Å². The Morgan fingerprint density at radius 2 is 1.79 bits per heavy atom. The van der Waals surface area contributed by atoms with E-state index in [1.807, 2.05) is 24.5 Å². The van der Waals surface area contributed by atoms with E-state index in [2.05, 4.69) is 41.5 Å². The summed E-state index contributed by atoms with van der Waals surface area (Å²) in [6.07, 6.45) is 4.64. The number of nitrogens with zero attached hydrogens (tertiary/aromatic N) is 1. The summed E-state index contributed by atoms with van der Waals surface area (Å²) < 4.78 is 5.18. The molecule has 0 bridgehead atoms. The van der Waals surface area contributed by atoms with Crippen molar-refractivity contribution in [2.45, 2.75) is 19.4 Å². The topological polar surface area (TPSA) is 34.1 Å². The molecule has 1 aromatic carbocycles. The van der Waals surface area contributed by atoms with Crippen LogP contribution in [0.25, 0.3) is 0 Å². The van der Waals surface area contributed by atoms with Crippen molar-refractivity contribution in [3.05, 3.63) is 59.9 Å². The molecule has 0 aliphatic heterocycles. The molecular weight excluding hydrogens is 236 g/mol. The SMILES string of the molecule is CCNC(Cc1ccc(OC)cc1)c1ccncc1. The molecule has 1 atom stereocenters. The predicted octanol–water partition coefficient (Wildman–Crippen LogP) is 2.98. The molecule has 2 rings (SSSR count). The van der Waals surface area contributed by atoms with Gasteiger partial charge in [-0.1, -0.05) is 19.1 Å². The monoisotopic (exact) mass is 256 g/mol. The molecule has 0 fully saturated rings. The molecule has 0 saturated carbocycles. The van der Waals surface area contributed by atoms with E-state index in [1.165, 1.54) is 11.1 Å². The maximum Gasteiger partial charge on any atom is 0.118 e. The van der Waals surface area contributed by atoms with Gasteiger partial charge in [0.1, 0.15) is 5.75 Å². The lowest BCUT2D eigenvalue weighted by molar-refractivity contribution is 0.414. The van der Waals surface area contributed by atoms with Crippen LogP contribution in [0.5, 0.6) is 5.75 Å². The zero-order valence-corrected chi connectivity index (χ0v) is 11.5. The normalized spacial score (nSPS) is 12.1. The standard InChI is InChI=1S/C16H20N2O/c1-3-18-16(14-8-10-17-11-9-14)12-13-4-6-15(19-2)7-5-13/h4-11,16,18H,3,12H2,1-2H3. The highest BCUT2D eigenvalue weighted by Crippen LogP contribution is 2.19. The van der Waals surface area contributed by atoms with Crippen molar-refractivity contribution >= 4 is 0 Å². The Kier molecular flexibility index (Phi) is 4.93. The minimum Gasteiger partial charge on any atom is -0.497 e. The van der Waals surface area contributed by atoms with Gasteiger partial charge in [0.25, 0.3) is 0 Å². The van der Waals surface area contributed by atoms with Crippen LogP contribution in [0.3, 0.4) is 0 Å². The second-order valence-corrected chi connectivity index (χ2v) is 4.44. The van der Waals surface area contributed by atoms with Gasteiger partial charge in [0, 0.05) is 18.4 Å². The molecule has 19 heavy (non-hydrogen) atoms. The number of pyridine rings is 1. The predicted molar refractivity (Wildman–Crippen MR) is 77.4 cm³/mol. The molecule has 3 nitrogen and oxygen atoms in total.